The highest BCUT2D eigenvalue weighted by atomic mass is 32.1. The zero-order chi connectivity index (χ0) is 83.6. The number of ketones is 5. The van der Waals surface area contributed by atoms with E-state index in [0.29, 0.717) is 19.4 Å². The molecule has 0 unspecified atom stereocenters. The molecule has 0 bridgehead atoms. The maximum Gasteiger partial charge on any atom is 0.224 e. The number of primary amides is 1. The third kappa shape index (κ3) is 52.4. The lowest BCUT2D eigenvalue weighted by molar-refractivity contribution is -0.136. The summed E-state index contributed by atoms with van der Waals surface area (Å²) in [5.74, 6) is -14.3. The number of guanidine groups is 8. The van der Waals surface area contributed by atoms with E-state index in [1.807, 2.05) is 0 Å². The van der Waals surface area contributed by atoms with E-state index in [1.54, 1.807) is 6.92 Å². The third-order valence-electron chi connectivity index (χ3n) is 17.0. The first kappa shape index (κ1) is 101. The van der Waals surface area contributed by atoms with Gasteiger partial charge in [-0.05, 0) is 109 Å². The monoisotopic (exact) mass is 1590 g/mol. The number of hydrogen-bond donors (Lipinski definition) is 23. The quantitative estimate of drug-likeness (QED) is 0.0116. The molecule has 0 aromatic heterocycles. The van der Waals surface area contributed by atoms with Crippen molar-refractivity contribution < 1.29 is 62.2 Å². The molecule has 6 amide bonds. The van der Waals surface area contributed by atoms with Gasteiger partial charge in [-0.3, -0.25) is 92.7 Å². The van der Waals surface area contributed by atoms with Crippen molar-refractivity contribution in [1.29, 1.82) is 0 Å². The zero-order valence-electron chi connectivity index (χ0n) is 64.2. The minimum Gasteiger partial charge on any atom is -0.379 e. The Balaban J connectivity index is 7.74. The average Bonchev–Trinajstić information content (AvgIpc) is 0.861. The molecule has 0 aliphatic heterocycles. The number of nitrogens with zero attached hydrogens (tertiary/aromatic N) is 8. The van der Waals surface area contributed by atoms with E-state index >= 15 is 14.4 Å². The number of rotatable bonds is 67. The van der Waals surface area contributed by atoms with Crippen LogP contribution in [0.25, 0.3) is 0 Å². The van der Waals surface area contributed by atoms with Gasteiger partial charge in [-0.2, -0.15) is 12.6 Å². The second-order valence-corrected chi connectivity index (χ2v) is 26.7. The number of aliphatic imine (C=N–C) groups is 8. The van der Waals surface area contributed by atoms with E-state index in [9.17, 15) is 38.4 Å². The zero-order valence-corrected chi connectivity index (χ0v) is 65.1. The number of Topliss-reactive ketones (excluding diaryl/α,β-unsaturated/α-hetero) is 5. The molecule has 0 saturated heterocycles. The van der Waals surface area contributed by atoms with Crippen LogP contribution in [0.1, 0.15) is 161 Å². The van der Waals surface area contributed by atoms with Crippen molar-refractivity contribution in [3.8, 4) is 0 Å². The van der Waals surface area contributed by atoms with Crippen LogP contribution in [0.4, 0.5) is 0 Å². The number of carbonyl (C=O) groups excluding carboxylic acids is 11. The van der Waals surface area contributed by atoms with Gasteiger partial charge >= 0.3 is 0 Å². The smallest absolute Gasteiger partial charge is 0.224 e. The van der Waals surface area contributed by atoms with E-state index in [1.165, 1.54) is 0 Å². The topological polar surface area (TPSA) is 808 Å². The number of ether oxygens (including phenoxy) is 2. The molecule has 0 aromatic rings. The lowest BCUT2D eigenvalue weighted by Gasteiger charge is -2.27. The maximum atomic E-state index is 15.1. The summed E-state index contributed by atoms with van der Waals surface area (Å²) in [4.78, 5) is 187. The van der Waals surface area contributed by atoms with Crippen molar-refractivity contribution in [3.05, 3.63) is 0 Å². The van der Waals surface area contributed by atoms with Gasteiger partial charge < -0.3 is 134 Å². The summed E-state index contributed by atoms with van der Waals surface area (Å²) in [5, 5.41) is 13.9. The summed E-state index contributed by atoms with van der Waals surface area (Å²) in [6.07, 6.45) is -0.469. The van der Waals surface area contributed by atoms with Crippen LogP contribution in [0, 0.1) is 29.6 Å². The first-order chi connectivity index (χ1) is 52.6. The Morgan fingerprint density at radius 3 is 0.793 bits per heavy atom. The maximum absolute atomic E-state index is 15.1. The first-order valence-corrected chi connectivity index (χ1v) is 37.8. The predicted molar refractivity (Wildman–Crippen MR) is 430 cm³/mol. The Morgan fingerprint density at radius 2 is 0.550 bits per heavy atom. The lowest BCUT2D eigenvalue weighted by Crippen LogP contribution is -2.49. The largest absolute Gasteiger partial charge is 0.379 e. The van der Waals surface area contributed by atoms with Gasteiger partial charge in [-0.25, -0.2) is 0 Å². The van der Waals surface area contributed by atoms with Crippen molar-refractivity contribution in [1.82, 2.24) is 26.6 Å². The highest BCUT2D eigenvalue weighted by Crippen LogP contribution is 2.24. The highest BCUT2D eigenvalue weighted by molar-refractivity contribution is 7.80. The number of amides is 6. The fourth-order valence-electron chi connectivity index (χ4n) is 11.2. The fourth-order valence-corrected chi connectivity index (χ4v) is 11.5. The van der Waals surface area contributed by atoms with Crippen molar-refractivity contribution in [2.75, 3.05) is 91.1 Å². The number of hydrogen-bond acceptors (Lipinski definition) is 22. The molecule has 0 heterocycles. The molecule has 0 fully saturated rings. The SMILES string of the molecule is CCC(=O)C[C@H](CCCN=C(N)N)C(=O)N[C@H](CCCN=C(N)N)C(=O)C[C@H](CCCN=C(N)N)C(=O)N[C@H](CCCN=C(N)N)C(=O)C[C@H](CCCN=C(N)N)C(=O)N[C@H](CCCN=C(N)N)C(=O)C[C@H](CCCN=C(N)N)C(=O)N[C@H](CCCN=C(N)N)C(=O)C[C@H](CS)C(=O)NCCOCCOCCCC(N)=O. The van der Waals surface area contributed by atoms with E-state index in [2.05, 4.69) is 79.2 Å². The van der Waals surface area contributed by atoms with E-state index < -0.39 is 132 Å². The Labute approximate surface area is 654 Å². The van der Waals surface area contributed by atoms with Crippen LogP contribution in [-0.4, -0.2) is 227 Å². The van der Waals surface area contributed by atoms with Crippen LogP contribution in [0.15, 0.2) is 39.9 Å². The molecule has 630 valence electrons. The van der Waals surface area contributed by atoms with E-state index in [0.717, 1.165) is 0 Å². The van der Waals surface area contributed by atoms with Crippen molar-refractivity contribution in [2.24, 2.45) is 167 Å². The molecule has 0 rings (SSSR count). The van der Waals surface area contributed by atoms with Crippen LogP contribution >= 0.6 is 12.6 Å². The minimum absolute atomic E-state index is 0.0117. The Morgan fingerprint density at radius 1 is 0.306 bits per heavy atom. The molecule has 0 saturated carbocycles. The Hall–Kier alpha value is -10.4. The van der Waals surface area contributed by atoms with Gasteiger partial charge in [0.15, 0.2) is 70.8 Å². The normalized spacial score (nSPS) is 13.3. The van der Waals surface area contributed by atoms with Crippen molar-refractivity contribution in [3.63, 3.8) is 0 Å². The van der Waals surface area contributed by atoms with Gasteiger partial charge in [-0.15, -0.1) is 0 Å². The summed E-state index contributed by atoms with van der Waals surface area (Å²) in [5.41, 5.74) is 95.0. The Kier molecular flexibility index (Phi) is 54.8. The molecule has 0 spiro atoms. The van der Waals surface area contributed by atoms with Gasteiger partial charge in [0, 0.05) is 140 Å². The summed E-state index contributed by atoms with van der Waals surface area (Å²) in [6.45, 7) is 2.78. The van der Waals surface area contributed by atoms with Crippen LogP contribution in [0.5, 0.6) is 0 Å². The molecule has 0 aliphatic carbocycles. The molecular weight excluding hydrogens is 1470 g/mol. The van der Waals surface area contributed by atoms with Crippen LogP contribution in [-0.2, 0) is 62.2 Å². The van der Waals surface area contributed by atoms with Gasteiger partial charge in [0.05, 0.1) is 49.9 Å². The summed E-state index contributed by atoms with van der Waals surface area (Å²) >= 11 is 4.36. The lowest BCUT2D eigenvalue weighted by atomic mass is 9.88. The van der Waals surface area contributed by atoms with Gasteiger partial charge in [0.25, 0.3) is 0 Å². The molecule has 0 aromatic carbocycles. The third-order valence-corrected chi connectivity index (χ3v) is 17.4. The molecular formula is C67H128N30O13S. The molecule has 44 heteroatoms. The average molecular weight is 1590 g/mol. The van der Waals surface area contributed by atoms with Gasteiger partial charge in [-0.1, -0.05) is 6.92 Å². The highest BCUT2D eigenvalue weighted by Gasteiger charge is 2.36. The summed E-state index contributed by atoms with van der Waals surface area (Å²) in [6, 6.07) is -5.29. The fraction of sp³-hybridized carbons (Fsp3) is 0.716. The summed E-state index contributed by atoms with van der Waals surface area (Å²) in [7, 11) is 0. The van der Waals surface area contributed by atoms with Crippen LogP contribution in [0.2, 0.25) is 0 Å². The molecule has 0 aliphatic rings. The van der Waals surface area contributed by atoms with Crippen molar-refractivity contribution in [2.45, 2.75) is 185 Å². The molecule has 0 radical (unpaired) electrons. The second kappa shape index (κ2) is 60.4. The molecule has 9 atom stereocenters. The van der Waals surface area contributed by atoms with E-state index in [-0.39, 0.29) is 260 Å². The molecule has 43 nitrogen and oxygen atoms in total. The predicted octanol–water partition coefficient (Wildman–Crippen LogP) is -7.01. The molecule has 39 N–H and O–H groups in total. The van der Waals surface area contributed by atoms with Crippen LogP contribution < -0.4 is 124 Å². The van der Waals surface area contributed by atoms with Gasteiger partial charge in [0.2, 0.25) is 35.4 Å². The van der Waals surface area contributed by atoms with Crippen LogP contribution in [0.3, 0.4) is 0 Å². The second-order valence-electron chi connectivity index (χ2n) is 26.4. The van der Waals surface area contributed by atoms with E-state index in [4.69, 9.17) is 107 Å². The van der Waals surface area contributed by atoms with Crippen molar-refractivity contribution >= 4 is 125 Å². The first-order valence-electron chi connectivity index (χ1n) is 37.2. The molecule has 111 heavy (non-hydrogen) atoms. The standard InChI is InChI=1S/C67H128N30O13S/c1-2-45(98)34-40(12-3-21-86-60(69)70)56(105)94-46(16-7-25-90-64(77)78)50(99)35-41(13-4-22-87-61(71)72)57(106)95-47(17-8-26-91-65(79)80)51(100)36-42(14-5-23-88-62(73)74)58(107)96-48(18-9-27-92-66(81)82)52(101)37-43(15-6-24-89-63(75)76)59(108)97-49(19-10-28-93-67(83)84)53(102)38-44(39-111)55(104)85-29-31-110-33-32-109-30-11-20-54(68)103/h40-44,46-49,111H,2-39H2,1H3,(H2,68,103)(H,85,104)(H,94,105)(H,95,106)(H,96,107)(H,97,108)(H4,69,70,86)(H4,71,72,87)(H4,73,74,88)(H4,75,76,89)(H4,77,78,90)(H4,79,80,91)(H4,81,82,92)(H4,83,84,93)/t40-,41-,42-,43-,44+,46+,47+,48+,49+/m0/s1. The minimum atomic E-state index is -1.40. The number of nitrogens with two attached hydrogens (primary N) is 17. The van der Waals surface area contributed by atoms with Gasteiger partial charge in [0.1, 0.15) is 5.78 Å². The number of nitrogens with one attached hydrogen (secondary N) is 5. The number of carbonyl (C=O) groups is 11. The summed E-state index contributed by atoms with van der Waals surface area (Å²) < 4.78 is 10.9. The Bertz CT molecular complexity index is 3120. The number of thiol groups is 1.